The molecule has 1 atom stereocenters. The van der Waals surface area contributed by atoms with Crippen LogP contribution in [0.3, 0.4) is 0 Å². The zero-order chi connectivity index (χ0) is 15.4. The van der Waals surface area contributed by atoms with E-state index in [1.165, 1.54) is 12.8 Å². The predicted octanol–water partition coefficient (Wildman–Crippen LogP) is 3.90. The highest BCUT2D eigenvalue weighted by Crippen LogP contribution is 2.26. The van der Waals surface area contributed by atoms with Crippen molar-refractivity contribution >= 4 is 29.1 Å². The number of carbonyl (C=O) groups excluding carboxylic acids is 1. The summed E-state index contributed by atoms with van der Waals surface area (Å²) < 4.78 is 0. The van der Waals surface area contributed by atoms with Gasteiger partial charge in [-0.1, -0.05) is 36.2 Å². The van der Waals surface area contributed by atoms with E-state index < -0.39 is 0 Å². The van der Waals surface area contributed by atoms with E-state index in [1.54, 1.807) is 12.1 Å². The van der Waals surface area contributed by atoms with Gasteiger partial charge in [0.15, 0.2) is 0 Å². The lowest BCUT2D eigenvalue weighted by Gasteiger charge is -2.30. The first-order valence-corrected chi connectivity index (χ1v) is 8.18. The Bertz CT molecular complexity index is 499. The van der Waals surface area contributed by atoms with Gasteiger partial charge in [0.25, 0.3) is 0 Å². The molecule has 5 heteroatoms. The second kappa shape index (κ2) is 7.48. The largest absolute Gasteiger partial charge is 0.348 e. The van der Waals surface area contributed by atoms with Gasteiger partial charge in [-0.05, 0) is 56.5 Å². The SMILES string of the molecule is CC1CCN(CC(=O)N[C@H](C)c2ccc(Cl)cc2Cl)CC1. The topological polar surface area (TPSA) is 32.3 Å². The standard InChI is InChI=1S/C16H22Cl2N2O/c1-11-5-7-20(8-6-11)10-16(21)19-12(2)14-4-3-13(17)9-15(14)18/h3-4,9,11-12H,5-8,10H2,1-2H3,(H,19,21)/t12-/m1/s1. The van der Waals surface area contributed by atoms with Gasteiger partial charge in [0.2, 0.25) is 5.91 Å². The third-order valence-corrected chi connectivity index (χ3v) is 4.61. The lowest BCUT2D eigenvalue weighted by Crippen LogP contribution is -2.41. The van der Waals surface area contributed by atoms with Gasteiger partial charge in [0.1, 0.15) is 0 Å². The van der Waals surface area contributed by atoms with Gasteiger partial charge in [0, 0.05) is 10.0 Å². The molecule has 2 rings (SSSR count). The van der Waals surface area contributed by atoms with Crippen LogP contribution in [-0.2, 0) is 4.79 Å². The van der Waals surface area contributed by atoms with Crippen molar-refractivity contribution in [3.05, 3.63) is 33.8 Å². The third kappa shape index (κ3) is 4.87. The summed E-state index contributed by atoms with van der Waals surface area (Å²) in [5.74, 6) is 0.819. The van der Waals surface area contributed by atoms with Crippen molar-refractivity contribution in [2.24, 2.45) is 5.92 Å². The monoisotopic (exact) mass is 328 g/mol. The Morgan fingerprint density at radius 1 is 1.38 bits per heavy atom. The minimum atomic E-state index is -0.119. The molecule has 1 aliphatic heterocycles. The van der Waals surface area contributed by atoms with E-state index in [-0.39, 0.29) is 11.9 Å². The number of hydrogen-bond acceptors (Lipinski definition) is 2. The summed E-state index contributed by atoms with van der Waals surface area (Å²) >= 11 is 12.1. The van der Waals surface area contributed by atoms with Crippen LogP contribution >= 0.6 is 23.2 Å². The molecule has 1 heterocycles. The lowest BCUT2D eigenvalue weighted by molar-refractivity contribution is -0.123. The Hall–Kier alpha value is -0.770. The Morgan fingerprint density at radius 2 is 2.05 bits per heavy atom. The zero-order valence-electron chi connectivity index (χ0n) is 12.5. The normalized spacial score (nSPS) is 18.5. The number of likely N-dealkylation sites (tertiary alicyclic amines) is 1. The van der Waals surface area contributed by atoms with Gasteiger partial charge in [-0.2, -0.15) is 0 Å². The molecule has 0 unspecified atom stereocenters. The summed E-state index contributed by atoms with van der Waals surface area (Å²) in [5, 5.41) is 4.19. The summed E-state index contributed by atoms with van der Waals surface area (Å²) in [7, 11) is 0. The van der Waals surface area contributed by atoms with Crippen molar-refractivity contribution in [2.45, 2.75) is 32.7 Å². The van der Waals surface area contributed by atoms with E-state index in [0.29, 0.717) is 16.6 Å². The number of amides is 1. The Labute approximate surface area is 136 Å². The molecule has 116 valence electrons. The van der Waals surface area contributed by atoms with E-state index in [2.05, 4.69) is 17.1 Å². The highest BCUT2D eigenvalue weighted by molar-refractivity contribution is 6.35. The summed E-state index contributed by atoms with van der Waals surface area (Å²) in [6, 6.07) is 5.23. The second-order valence-corrected chi connectivity index (χ2v) is 6.76. The fourth-order valence-electron chi connectivity index (χ4n) is 2.64. The number of benzene rings is 1. The molecule has 1 aromatic carbocycles. The predicted molar refractivity (Wildman–Crippen MR) is 87.9 cm³/mol. The first-order chi connectivity index (χ1) is 9.95. The molecule has 1 fully saturated rings. The third-order valence-electron chi connectivity index (χ3n) is 4.05. The molecule has 0 aromatic heterocycles. The van der Waals surface area contributed by atoms with Crippen molar-refractivity contribution in [3.63, 3.8) is 0 Å². The molecule has 0 bridgehead atoms. The van der Waals surface area contributed by atoms with E-state index >= 15 is 0 Å². The number of nitrogens with zero attached hydrogens (tertiary/aromatic N) is 1. The summed E-state index contributed by atoms with van der Waals surface area (Å²) in [5.41, 5.74) is 0.890. The van der Waals surface area contributed by atoms with Gasteiger partial charge in [-0.15, -0.1) is 0 Å². The fourth-order valence-corrected chi connectivity index (χ4v) is 3.21. The fraction of sp³-hybridized carbons (Fsp3) is 0.562. The number of halogens is 2. The van der Waals surface area contributed by atoms with Crippen LogP contribution in [0.15, 0.2) is 18.2 Å². The lowest BCUT2D eigenvalue weighted by atomic mass is 9.99. The van der Waals surface area contributed by atoms with Crippen molar-refractivity contribution in [2.75, 3.05) is 19.6 Å². The van der Waals surface area contributed by atoms with Crippen LogP contribution in [0.5, 0.6) is 0 Å². The first-order valence-electron chi connectivity index (χ1n) is 7.42. The molecule has 1 N–H and O–H groups in total. The van der Waals surface area contributed by atoms with Crippen molar-refractivity contribution in [1.82, 2.24) is 10.2 Å². The number of nitrogens with one attached hydrogen (secondary N) is 1. The van der Waals surface area contributed by atoms with Crippen LogP contribution in [0.4, 0.5) is 0 Å². The molecule has 0 saturated carbocycles. The maximum atomic E-state index is 12.1. The van der Waals surface area contributed by atoms with Gasteiger partial charge in [-0.25, -0.2) is 0 Å². The molecular weight excluding hydrogens is 307 g/mol. The Balaban J connectivity index is 1.87. The van der Waals surface area contributed by atoms with Crippen molar-refractivity contribution < 1.29 is 4.79 Å². The van der Waals surface area contributed by atoms with E-state index in [0.717, 1.165) is 24.6 Å². The maximum Gasteiger partial charge on any atom is 0.234 e. The minimum absolute atomic E-state index is 0.0445. The average molecular weight is 329 g/mol. The summed E-state index contributed by atoms with van der Waals surface area (Å²) in [6.45, 7) is 6.67. The number of rotatable bonds is 4. The highest BCUT2D eigenvalue weighted by atomic mass is 35.5. The number of carbonyl (C=O) groups is 1. The van der Waals surface area contributed by atoms with Gasteiger partial charge < -0.3 is 5.32 Å². The van der Waals surface area contributed by atoms with E-state index in [4.69, 9.17) is 23.2 Å². The van der Waals surface area contributed by atoms with Crippen LogP contribution in [0, 0.1) is 5.92 Å². The molecule has 1 aromatic rings. The highest BCUT2D eigenvalue weighted by Gasteiger charge is 2.19. The van der Waals surface area contributed by atoms with E-state index in [1.807, 2.05) is 13.0 Å². The molecule has 21 heavy (non-hydrogen) atoms. The van der Waals surface area contributed by atoms with Crippen LogP contribution in [0.25, 0.3) is 0 Å². The van der Waals surface area contributed by atoms with Gasteiger partial charge >= 0.3 is 0 Å². The molecule has 1 aliphatic rings. The smallest absolute Gasteiger partial charge is 0.234 e. The zero-order valence-corrected chi connectivity index (χ0v) is 14.0. The van der Waals surface area contributed by atoms with Gasteiger partial charge in [0.05, 0.1) is 12.6 Å². The van der Waals surface area contributed by atoms with Crippen molar-refractivity contribution in [1.29, 1.82) is 0 Å². The molecule has 1 saturated heterocycles. The molecule has 0 aliphatic carbocycles. The first kappa shape index (κ1) is 16.6. The summed E-state index contributed by atoms with van der Waals surface area (Å²) in [6.07, 6.45) is 2.34. The van der Waals surface area contributed by atoms with Gasteiger partial charge in [-0.3, -0.25) is 9.69 Å². The molecule has 1 amide bonds. The van der Waals surface area contributed by atoms with Crippen LogP contribution in [-0.4, -0.2) is 30.4 Å². The van der Waals surface area contributed by atoms with Crippen LogP contribution < -0.4 is 5.32 Å². The second-order valence-electron chi connectivity index (χ2n) is 5.91. The molecule has 0 spiro atoms. The quantitative estimate of drug-likeness (QED) is 0.908. The van der Waals surface area contributed by atoms with Crippen molar-refractivity contribution in [3.8, 4) is 0 Å². The molecule has 0 radical (unpaired) electrons. The maximum absolute atomic E-state index is 12.1. The Kier molecular flexibility index (Phi) is 5.91. The molecular formula is C16H22Cl2N2O. The minimum Gasteiger partial charge on any atom is -0.348 e. The molecule has 3 nitrogen and oxygen atoms in total. The average Bonchev–Trinajstić information content (AvgIpc) is 2.41. The Morgan fingerprint density at radius 3 is 2.67 bits per heavy atom. The number of hydrogen-bond donors (Lipinski definition) is 1. The number of piperidine rings is 1. The summed E-state index contributed by atoms with van der Waals surface area (Å²) in [4.78, 5) is 14.3. The van der Waals surface area contributed by atoms with E-state index in [9.17, 15) is 4.79 Å². The van der Waals surface area contributed by atoms with Crippen LogP contribution in [0.2, 0.25) is 10.0 Å². The van der Waals surface area contributed by atoms with Crippen LogP contribution in [0.1, 0.15) is 38.3 Å².